The average Bonchev–Trinajstić information content (AvgIpc) is 2.35. The Balaban J connectivity index is 2.89. The minimum Gasteiger partial charge on any atom is -0.393 e. The van der Waals surface area contributed by atoms with Crippen LogP contribution >= 0.6 is 12.2 Å². The highest BCUT2D eigenvalue weighted by atomic mass is 32.1. The molecule has 19 heavy (non-hydrogen) atoms. The van der Waals surface area contributed by atoms with Crippen LogP contribution < -0.4 is 16.0 Å². The third-order valence-corrected chi connectivity index (χ3v) is 3.17. The van der Waals surface area contributed by atoms with Gasteiger partial charge in [-0.3, -0.25) is 4.79 Å². The lowest BCUT2D eigenvalue weighted by molar-refractivity contribution is -0.118. The van der Waals surface area contributed by atoms with Crippen molar-refractivity contribution in [3.8, 4) is 0 Å². The summed E-state index contributed by atoms with van der Waals surface area (Å²) in [7, 11) is 3.87. The molecule has 1 aromatic carbocycles. The fraction of sp³-hybridized carbons (Fsp3) is 0.429. The molecular formula is C14H21N3OS. The van der Waals surface area contributed by atoms with Crippen molar-refractivity contribution in [2.45, 2.75) is 19.8 Å². The van der Waals surface area contributed by atoms with E-state index in [9.17, 15) is 4.79 Å². The van der Waals surface area contributed by atoms with Crippen molar-refractivity contribution in [3.63, 3.8) is 0 Å². The number of thiocarbonyl (C=S) groups is 1. The zero-order valence-corrected chi connectivity index (χ0v) is 12.5. The van der Waals surface area contributed by atoms with E-state index in [1.165, 1.54) is 0 Å². The van der Waals surface area contributed by atoms with Crippen molar-refractivity contribution in [1.82, 2.24) is 0 Å². The largest absolute Gasteiger partial charge is 0.393 e. The van der Waals surface area contributed by atoms with E-state index in [1.807, 2.05) is 50.2 Å². The molecule has 0 aliphatic carbocycles. The molecule has 0 aliphatic rings. The van der Waals surface area contributed by atoms with E-state index >= 15 is 0 Å². The van der Waals surface area contributed by atoms with Crippen molar-refractivity contribution in [2.75, 3.05) is 24.3 Å². The molecule has 104 valence electrons. The van der Waals surface area contributed by atoms with Gasteiger partial charge in [0.25, 0.3) is 0 Å². The number of carbonyl (C=O) groups is 1. The number of rotatable bonds is 6. The first kappa shape index (κ1) is 15.4. The lowest BCUT2D eigenvalue weighted by Crippen LogP contribution is -2.33. The molecule has 1 aromatic rings. The van der Waals surface area contributed by atoms with Crippen LogP contribution in [0.3, 0.4) is 0 Å². The number of benzene rings is 1. The summed E-state index contributed by atoms with van der Waals surface area (Å²) < 4.78 is 0. The molecule has 1 atom stereocenters. The molecule has 0 radical (unpaired) electrons. The summed E-state index contributed by atoms with van der Waals surface area (Å²) in [5.41, 5.74) is 7.36. The molecule has 5 heteroatoms. The van der Waals surface area contributed by atoms with Gasteiger partial charge in [-0.05, 0) is 18.6 Å². The molecule has 0 saturated heterocycles. The maximum absolute atomic E-state index is 12.2. The van der Waals surface area contributed by atoms with Gasteiger partial charge in [-0.1, -0.05) is 37.7 Å². The van der Waals surface area contributed by atoms with Gasteiger partial charge in [-0.15, -0.1) is 0 Å². The molecule has 3 N–H and O–H groups in total. The van der Waals surface area contributed by atoms with Crippen molar-refractivity contribution in [3.05, 3.63) is 24.3 Å². The van der Waals surface area contributed by atoms with Crippen molar-refractivity contribution >= 4 is 34.5 Å². The number of carbonyl (C=O) groups excluding carboxylic acids is 1. The number of nitrogens with two attached hydrogens (primary N) is 1. The minimum absolute atomic E-state index is 0.136. The zero-order valence-electron chi connectivity index (χ0n) is 11.6. The maximum Gasteiger partial charge on any atom is 0.234 e. The van der Waals surface area contributed by atoms with Gasteiger partial charge in [-0.2, -0.15) is 0 Å². The quantitative estimate of drug-likeness (QED) is 0.785. The summed E-state index contributed by atoms with van der Waals surface area (Å²) in [6.45, 7) is 2.01. The van der Waals surface area contributed by atoms with E-state index in [4.69, 9.17) is 18.0 Å². The molecule has 0 aliphatic heterocycles. The number of nitrogens with zero attached hydrogens (tertiary/aromatic N) is 1. The van der Waals surface area contributed by atoms with E-state index in [0.717, 1.165) is 17.8 Å². The van der Waals surface area contributed by atoms with Crippen LogP contribution in [-0.2, 0) is 4.79 Å². The fourth-order valence-electron chi connectivity index (χ4n) is 1.88. The summed E-state index contributed by atoms with van der Waals surface area (Å²) in [4.78, 5) is 14.4. The molecule has 0 fully saturated rings. The lowest BCUT2D eigenvalue weighted by atomic mass is 10.0. The molecule has 1 amide bonds. The molecule has 0 bridgehead atoms. The van der Waals surface area contributed by atoms with Gasteiger partial charge in [0, 0.05) is 14.1 Å². The summed E-state index contributed by atoms with van der Waals surface area (Å²) in [6, 6.07) is 7.64. The summed E-state index contributed by atoms with van der Waals surface area (Å²) in [5, 5.41) is 2.91. The van der Waals surface area contributed by atoms with E-state index in [1.54, 1.807) is 0 Å². The number of hydrogen-bond donors (Lipinski definition) is 2. The molecular weight excluding hydrogens is 258 g/mol. The molecule has 0 saturated carbocycles. The van der Waals surface area contributed by atoms with E-state index < -0.39 is 5.92 Å². The van der Waals surface area contributed by atoms with Gasteiger partial charge in [0.05, 0.1) is 22.3 Å². The predicted molar refractivity (Wildman–Crippen MR) is 84.6 cm³/mol. The summed E-state index contributed by atoms with van der Waals surface area (Å²) >= 11 is 4.97. The highest BCUT2D eigenvalue weighted by Gasteiger charge is 2.21. The van der Waals surface area contributed by atoms with Crippen LogP contribution in [0.1, 0.15) is 19.8 Å². The van der Waals surface area contributed by atoms with Crippen LogP contribution in [0.5, 0.6) is 0 Å². The van der Waals surface area contributed by atoms with Crippen LogP contribution in [0.25, 0.3) is 0 Å². The molecule has 0 aromatic heterocycles. The maximum atomic E-state index is 12.2. The van der Waals surface area contributed by atoms with Gasteiger partial charge < -0.3 is 16.0 Å². The van der Waals surface area contributed by atoms with E-state index in [2.05, 4.69) is 5.32 Å². The molecule has 1 unspecified atom stereocenters. The number of anilines is 2. The van der Waals surface area contributed by atoms with Crippen LogP contribution in [0.4, 0.5) is 11.4 Å². The topological polar surface area (TPSA) is 58.4 Å². The monoisotopic (exact) mass is 279 g/mol. The number of nitrogens with one attached hydrogen (secondary N) is 1. The standard InChI is InChI=1S/C14H21N3OS/c1-4-7-10(13(15)19)14(18)16-11-8-5-6-9-12(11)17(2)3/h5-6,8-10H,4,7H2,1-3H3,(H2,15,19)(H,16,18). The van der Waals surface area contributed by atoms with Crippen LogP contribution in [-0.4, -0.2) is 25.0 Å². The Morgan fingerprint density at radius 3 is 2.58 bits per heavy atom. The highest BCUT2D eigenvalue weighted by Crippen LogP contribution is 2.24. The van der Waals surface area contributed by atoms with E-state index in [-0.39, 0.29) is 10.9 Å². The molecule has 4 nitrogen and oxygen atoms in total. The van der Waals surface area contributed by atoms with E-state index in [0.29, 0.717) is 6.42 Å². The van der Waals surface area contributed by atoms with Crippen LogP contribution in [0, 0.1) is 5.92 Å². The van der Waals surface area contributed by atoms with Crippen molar-refractivity contribution in [1.29, 1.82) is 0 Å². The number of para-hydroxylation sites is 2. The Bertz CT molecular complexity index is 460. The van der Waals surface area contributed by atoms with Crippen molar-refractivity contribution < 1.29 is 4.79 Å². The highest BCUT2D eigenvalue weighted by molar-refractivity contribution is 7.80. The fourth-order valence-corrected chi connectivity index (χ4v) is 2.11. The van der Waals surface area contributed by atoms with Gasteiger partial charge in [0.15, 0.2) is 0 Å². The van der Waals surface area contributed by atoms with Gasteiger partial charge in [0.1, 0.15) is 0 Å². The molecule has 1 rings (SSSR count). The molecule has 0 heterocycles. The van der Waals surface area contributed by atoms with Crippen LogP contribution in [0.2, 0.25) is 0 Å². The minimum atomic E-state index is -0.407. The Morgan fingerprint density at radius 1 is 1.42 bits per heavy atom. The summed E-state index contributed by atoms with van der Waals surface area (Å²) in [5.74, 6) is -0.543. The first-order valence-electron chi connectivity index (χ1n) is 6.34. The SMILES string of the molecule is CCCC(C(=O)Nc1ccccc1N(C)C)C(N)=S. The first-order valence-corrected chi connectivity index (χ1v) is 6.74. The lowest BCUT2D eigenvalue weighted by Gasteiger charge is -2.20. The second-order valence-corrected chi connectivity index (χ2v) is 5.12. The summed E-state index contributed by atoms with van der Waals surface area (Å²) in [6.07, 6.45) is 1.54. The predicted octanol–water partition coefficient (Wildman–Crippen LogP) is 2.39. The second-order valence-electron chi connectivity index (χ2n) is 4.64. The Hall–Kier alpha value is -1.62. The third kappa shape index (κ3) is 4.21. The van der Waals surface area contributed by atoms with Gasteiger partial charge >= 0.3 is 0 Å². The average molecular weight is 279 g/mol. The van der Waals surface area contributed by atoms with Crippen LogP contribution in [0.15, 0.2) is 24.3 Å². The molecule has 0 spiro atoms. The normalized spacial score (nSPS) is 11.7. The Labute approximate surface area is 120 Å². The number of hydrogen-bond acceptors (Lipinski definition) is 3. The van der Waals surface area contributed by atoms with Gasteiger partial charge in [0.2, 0.25) is 5.91 Å². The second kappa shape index (κ2) is 7.09. The van der Waals surface area contributed by atoms with Gasteiger partial charge in [-0.25, -0.2) is 0 Å². The smallest absolute Gasteiger partial charge is 0.234 e. The first-order chi connectivity index (χ1) is 8.97. The Kier molecular flexibility index (Phi) is 5.76. The zero-order chi connectivity index (χ0) is 14.4. The van der Waals surface area contributed by atoms with Crippen molar-refractivity contribution in [2.24, 2.45) is 11.7 Å². The Morgan fingerprint density at radius 2 is 2.05 bits per heavy atom. The number of amides is 1. The third-order valence-electron chi connectivity index (χ3n) is 2.88.